The summed E-state index contributed by atoms with van der Waals surface area (Å²) in [6.45, 7) is 4.79. The SMILES string of the molecule is CC(C)N(CC(N)=O)C(=O)C1NCC2CCCC21. The lowest BCUT2D eigenvalue weighted by Crippen LogP contribution is -2.51. The summed E-state index contributed by atoms with van der Waals surface area (Å²) in [5.41, 5.74) is 5.22. The summed E-state index contributed by atoms with van der Waals surface area (Å²) < 4.78 is 0. The molecule has 5 heteroatoms. The Balaban J connectivity index is 2.06. The smallest absolute Gasteiger partial charge is 0.240 e. The molecule has 2 aliphatic rings. The van der Waals surface area contributed by atoms with Crippen molar-refractivity contribution in [3.8, 4) is 0 Å². The molecular weight excluding hydrogens is 230 g/mol. The van der Waals surface area contributed by atoms with Crippen molar-refractivity contribution in [2.75, 3.05) is 13.1 Å². The van der Waals surface area contributed by atoms with Crippen molar-refractivity contribution in [3.05, 3.63) is 0 Å². The predicted molar refractivity (Wildman–Crippen MR) is 68.7 cm³/mol. The van der Waals surface area contributed by atoms with Gasteiger partial charge in [-0.15, -0.1) is 0 Å². The molecule has 0 spiro atoms. The van der Waals surface area contributed by atoms with Crippen LogP contribution in [-0.4, -0.2) is 41.9 Å². The van der Waals surface area contributed by atoms with Crippen LogP contribution in [0.3, 0.4) is 0 Å². The summed E-state index contributed by atoms with van der Waals surface area (Å²) >= 11 is 0. The van der Waals surface area contributed by atoms with Gasteiger partial charge < -0.3 is 16.0 Å². The van der Waals surface area contributed by atoms with Crippen LogP contribution in [0.1, 0.15) is 33.1 Å². The van der Waals surface area contributed by atoms with E-state index in [4.69, 9.17) is 5.73 Å². The zero-order valence-corrected chi connectivity index (χ0v) is 11.2. The van der Waals surface area contributed by atoms with Crippen LogP contribution in [0.2, 0.25) is 0 Å². The van der Waals surface area contributed by atoms with E-state index < -0.39 is 5.91 Å². The zero-order chi connectivity index (χ0) is 13.3. The molecule has 18 heavy (non-hydrogen) atoms. The van der Waals surface area contributed by atoms with Gasteiger partial charge in [0.15, 0.2) is 0 Å². The Kier molecular flexibility index (Phi) is 3.90. The largest absolute Gasteiger partial charge is 0.368 e. The van der Waals surface area contributed by atoms with Gasteiger partial charge in [-0.2, -0.15) is 0 Å². The maximum Gasteiger partial charge on any atom is 0.240 e. The van der Waals surface area contributed by atoms with Crippen LogP contribution < -0.4 is 11.1 Å². The average molecular weight is 253 g/mol. The molecule has 2 fully saturated rings. The Bertz CT molecular complexity index is 343. The van der Waals surface area contributed by atoms with Crippen molar-refractivity contribution < 1.29 is 9.59 Å². The summed E-state index contributed by atoms with van der Waals surface area (Å²) in [6, 6.07) is -0.105. The minimum absolute atomic E-state index is 0.00672. The highest BCUT2D eigenvalue weighted by Gasteiger charge is 2.44. The number of carbonyl (C=O) groups is 2. The van der Waals surface area contributed by atoms with Crippen molar-refractivity contribution in [1.82, 2.24) is 10.2 Å². The molecule has 3 unspecified atom stereocenters. The number of nitrogens with zero attached hydrogens (tertiary/aromatic N) is 1. The lowest BCUT2D eigenvalue weighted by molar-refractivity contribution is -0.139. The van der Waals surface area contributed by atoms with Crippen LogP contribution in [0, 0.1) is 11.8 Å². The molecular formula is C13H23N3O2. The molecule has 1 aliphatic heterocycles. The highest BCUT2D eigenvalue weighted by Crippen LogP contribution is 2.38. The van der Waals surface area contributed by atoms with Gasteiger partial charge in [0.05, 0.1) is 12.6 Å². The van der Waals surface area contributed by atoms with Crippen LogP contribution in [0.4, 0.5) is 0 Å². The number of fused-ring (bicyclic) bond motifs is 1. The van der Waals surface area contributed by atoms with Gasteiger partial charge in [-0.3, -0.25) is 9.59 Å². The number of primary amides is 1. The molecule has 1 aliphatic carbocycles. The van der Waals surface area contributed by atoms with Gasteiger partial charge in [-0.1, -0.05) is 6.42 Å². The Labute approximate surface area is 108 Å². The van der Waals surface area contributed by atoms with E-state index in [0.29, 0.717) is 11.8 Å². The monoisotopic (exact) mass is 253 g/mol. The van der Waals surface area contributed by atoms with E-state index in [-0.39, 0.29) is 24.5 Å². The number of amides is 2. The molecule has 5 nitrogen and oxygen atoms in total. The van der Waals surface area contributed by atoms with Crippen LogP contribution in [0.25, 0.3) is 0 Å². The van der Waals surface area contributed by atoms with Gasteiger partial charge in [0.1, 0.15) is 0 Å². The minimum Gasteiger partial charge on any atom is -0.368 e. The molecule has 2 amide bonds. The first-order valence-electron chi connectivity index (χ1n) is 6.83. The molecule has 3 N–H and O–H groups in total. The van der Waals surface area contributed by atoms with E-state index in [1.165, 1.54) is 12.8 Å². The first kappa shape index (κ1) is 13.3. The molecule has 0 aromatic rings. The van der Waals surface area contributed by atoms with E-state index in [2.05, 4.69) is 5.32 Å². The second-order valence-corrected chi connectivity index (χ2v) is 5.77. The Hall–Kier alpha value is -1.10. The molecule has 0 aromatic heterocycles. The van der Waals surface area contributed by atoms with Gasteiger partial charge in [0.25, 0.3) is 0 Å². The second kappa shape index (κ2) is 5.26. The fourth-order valence-corrected chi connectivity index (χ4v) is 3.32. The fourth-order valence-electron chi connectivity index (χ4n) is 3.32. The van der Waals surface area contributed by atoms with E-state index in [9.17, 15) is 9.59 Å². The van der Waals surface area contributed by atoms with E-state index in [1.54, 1.807) is 4.90 Å². The molecule has 0 radical (unpaired) electrons. The standard InChI is InChI=1S/C13H23N3O2/c1-8(2)16(7-11(14)17)13(18)12-10-5-3-4-9(10)6-15-12/h8-10,12,15H,3-7H2,1-2H3,(H2,14,17). The predicted octanol–water partition coefficient (Wildman–Crippen LogP) is 0.0968. The van der Waals surface area contributed by atoms with E-state index in [0.717, 1.165) is 13.0 Å². The molecule has 2 rings (SSSR count). The first-order chi connectivity index (χ1) is 8.50. The summed E-state index contributed by atoms with van der Waals surface area (Å²) in [7, 11) is 0. The molecule has 0 bridgehead atoms. The Morgan fingerprint density at radius 3 is 2.72 bits per heavy atom. The third-order valence-corrected chi connectivity index (χ3v) is 4.24. The average Bonchev–Trinajstić information content (AvgIpc) is 2.85. The van der Waals surface area contributed by atoms with Crippen LogP contribution in [-0.2, 0) is 9.59 Å². The molecule has 0 aromatic carbocycles. The molecule has 1 saturated carbocycles. The normalized spacial score (nSPS) is 30.5. The Morgan fingerprint density at radius 1 is 1.39 bits per heavy atom. The van der Waals surface area contributed by atoms with Crippen LogP contribution in [0.5, 0.6) is 0 Å². The van der Waals surface area contributed by atoms with Crippen molar-refractivity contribution >= 4 is 11.8 Å². The topological polar surface area (TPSA) is 75.4 Å². The van der Waals surface area contributed by atoms with Gasteiger partial charge in [0.2, 0.25) is 11.8 Å². The number of hydrogen-bond donors (Lipinski definition) is 2. The maximum absolute atomic E-state index is 12.5. The number of nitrogens with one attached hydrogen (secondary N) is 1. The minimum atomic E-state index is -0.446. The van der Waals surface area contributed by atoms with E-state index in [1.807, 2.05) is 13.8 Å². The first-order valence-corrected chi connectivity index (χ1v) is 6.83. The molecule has 102 valence electrons. The number of rotatable bonds is 4. The number of nitrogens with two attached hydrogens (primary N) is 1. The maximum atomic E-state index is 12.5. The highest BCUT2D eigenvalue weighted by molar-refractivity contribution is 5.87. The van der Waals surface area contributed by atoms with Crippen molar-refractivity contribution in [1.29, 1.82) is 0 Å². The summed E-state index contributed by atoms with van der Waals surface area (Å²) in [6.07, 6.45) is 3.56. The lowest BCUT2D eigenvalue weighted by atomic mass is 9.93. The number of carbonyl (C=O) groups excluding carboxylic acids is 2. The quantitative estimate of drug-likeness (QED) is 0.746. The highest BCUT2D eigenvalue weighted by atomic mass is 16.2. The summed E-state index contributed by atoms with van der Waals surface area (Å²) in [5.74, 6) is 0.685. The molecule has 3 atom stereocenters. The van der Waals surface area contributed by atoms with Gasteiger partial charge in [-0.05, 0) is 45.1 Å². The molecule has 1 heterocycles. The Morgan fingerprint density at radius 2 is 2.11 bits per heavy atom. The van der Waals surface area contributed by atoms with Crippen molar-refractivity contribution in [2.45, 2.75) is 45.2 Å². The van der Waals surface area contributed by atoms with Gasteiger partial charge in [0, 0.05) is 6.04 Å². The van der Waals surface area contributed by atoms with Crippen LogP contribution >= 0.6 is 0 Å². The summed E-state index contributed by atoms with van der Waals surface area (Å²) in [5, 5.41) is 3.32. The third kappa shape index (κ3) is 2.51. The van der Waals surface area contributed by atoms with Crippen LogP contribution in [0.15, 0.2) is 0 Å². The second-order valence-electron chi connectivity index (χ2n) is 5.77. The van der Waals surface area contributed by atoms with Crippen molar-refractivity contribution in [3.63, 3.8) is 0 Å². The third-order valence-electron chi connectivity index (χ3n) is 4.24. The zero-order valence-electron chi connectivity index (χ0n) is 11.2. The fraction of sp³-hybridized carbons (Fsp3) is 0.846. The van der Waals surface area contributed by atoms with E-state index >= 15 is 0 Å². The molecule has 1 saturated heterocycles. The van der Waals surface area contributed by atoms with Gasteiger partial charge in [-0.25, -0.2) is 0 Å². The lowest BCUT2D eigenvalue weighted by Gasteiger charge is -2.30. The van der Waals surface area contributed by atoms with Crippen molar-refractivity contribution in [2.24, 2.45) is 17.6 Å². The van der Waals surface area contributed by atoms with Gasteiger partial charge >= 0.3 is 0 Å². The number of hydrogen-bond acceptors (Lipinski definition) is 3. The summed E-state index contributed by atoms with van der Waals surface area (Å²) in [4.78, 5) is 25.2.